The summed E-state index contributed by atoms with van der Waals surface area (Å²) >= 11 is 0. The number of hydrogen-bond acceptors (Lipinski definition) is 8. The molecule has 0 amide bonds. The number of esters is 2. The molecule has 0 aromatic carbocycles. The molecule has 2 saturated carbocycles. The third-order valence-corrected chi connectivity index (χ3v) is 6.30. The fraction of sp³-hybridized carbons (Fsp3) is 0.650. The first-order valence-electron chi connectivity index (χ1n) is 9.20. The van der Waals surface area contributed by atoms with Gasteiger partial charge in [-0.1, -0.05) is 20.1 Å². The lowest BCUT2D eigenvalue weighted by Crippen LogP contribution is -2.61. The number of ether oxygens (including phenoxy) is 2. The number of aldehydes is 1. The molecule has 0 unspecified atom stereocenters. The third kappa shape index (κ3) is 3.76. The maximum absolute atomic E-state index is 12.2. The zero-order chi connectivity index (χ0) is 21.2. The van der Waals surface area contributed by atoms with Crippen LogP contribution in [0.3, 0.4) is 0 Å². The Morgan fingerprint density at radius 3 is 2.39 bits per heavy atom. The molecule has 3 N–H and O–H groups in total. The summed E-state index contributed by atoms with van der Waals surface area (Å²) in [4.78, 5) is 35.9. The lowest BCUT2D eigenvalue weighted by atomic mass is 9.51. The van der Waals surface area contributed by atoms with Crippen LogP contribution in [0.4, 0.5) is 0 Å². The van der Waals surface area contributed by atoms with Gasteiger partial charge in [-0.05, 0) is 19.3 Å². The van der Waals surface area contributed by atoms with Crippen molar-refractivity contribution >= 4 is 18.2 Å². The van der Waals surface area contributed by atoms with Crippen LogP contribution in [-0.4, -0.2) is 65.6 Å². The van der Waals surface area contributed by atoms with Crippen LogP contribution >= 0.6 is 0 Å². The molecule has 0 aromatic rings. The van der Waals surface area contributed by atoms with Gasteiger partial charge in [0.25, 0.3) is 0 Å². The first-order valence-corrected chi connectivity index (χ1v) is 9.20. The number of rotatable bonds is 6. The monoisotopic (exact) mass is 396 g/mol. The lowest BCUT2D eigenvalue weighted by molar-refractivity contribution is -0.197. The van der Waals surface area contributed by atoms with E-state index in [-0.39, 0.29) is 17.6 Å². The van der Waals surface area contributed by atoms with Crippen molar-refractivity contribution in [1.29, 1.82) is 0 Å². The summed E-state index contributed by atoms with van der Waals surface area (Å²) in [5.74, 6) is -3.82. The van der Waals surface area contributed by atoms with E-state index < -0.39 is 60.0 Å². The van der Waals surface area contributed by atoms with Crippen molar-refractivity contribution in [3.8, 4) is 0 Å². The molecule has 8 nitrogen and oxygen atoms in total. The zero-order valence-corrected chi connectivity index (χ0v) is 16.2. The number of fused-ring (bicyclic) bond motifs is 1. The minimum atomic E-state index is -1.27. The minimum Gasteiger partial charge on any atom is -0.466 e. The topological polar surface area (TPSA) is 130 Å². The molecule has 0 heterocycles. The van der Waals surface area contributed by atoms with E-state index in [2.05, 4.69) is 13.2 Å². The maximum atomic E-state index is 12.2. The summed E-state index contributed by atoms with van der Waals surface area (Å²) in [6.07, 6.45) is -1.46. The third-order valence-electron chi connectivity index (χ3n) is 6.30. The molecule has 0 aliphatic heterocycles. The first-order chi connectivity index (χ1) is 13.1. The molecule has 7 atom stereocenters. The number of carbonyl (C=O) groups excluding carboxylic acids is 3. The second kappa shape index (κ2) is 8.55. The van der Waals surface area contributed by atoms with Crippen molar-refractivity contribution in [3.63, 3.8) is 0 Å². The van der Waals surface area contributed by atoms with Crippen LogP contribution in [0, 0.1) is 23.2 Å². The maximum Gasteiger partial charge on any atom is 0.336 e. The van der Waals surface area contributed by atoms with E-state index in [4.69, 9.17) is 14.6 Å². The van der Waals surface area contributed by atoms with Gasteiger partial charge in [0.05, 0.1) is 37.4 Å². The van der Waals surface area contributed by atoms with Crippen LogP contribution < -0.4 is 0 Å². The number of methoxy groups -OCH3 is 1. The molecule has 28 heavy (non-hydrogen) atoms. The molecule has 0 radical (unpaired) electrons. The Kier molecular flexibility index (Phi) is 6.80. The van der Waals surface area contributed by atoms with Crippen molar-refractivity contribution in [3.05, 3.63) is 24.3 Å². The normalized spacial score (nSPS) is 37.3. The predicted molar refractivity (Wildman–Crippen MR) is 97.8 cm³/mol. The van der Waals surface area contributed by atoms with E-state index in [0.717, 1.165) is 6.29 Å². The quantitative estimate of drug-likeness (QED) is 0.329. The van der Waals surface area contributed by atoms with Gasteiger partial charge in [0.15, 0.2) is 0 Å². The number of aliphatic hydroxyl groups excluding tert-OH is 3. The Labute approximate surface area is 163 Å². The SMILES string of the molecule is C=C(CO)C(=O)O[C@H]1C[C@]2(C)[C@@H]([C@H](O)[C@@H]1C(=C)C(=O)OC)[C@H](C=O)CC[C@H]2O. The Hall–Kier alpha value is -2.03. The summed E-state index contributed by atoms with van der Waals surface area (Å²) in [6, 6.07) is 0. The van der Waals surface area contributed by atoms with E-state index in [9.17, 15) is 24.6 Å². The Morgan fingerprint density at radius 1 is 1.21 bits per heavy atom. The second-order valence-electron chi connectivity index (χ2n) is 7.87. The van der Waals surface area contributed by atoms with E-state index >= 15 is 0 Å². The average Bonchev–Trinajstić information content (AvgIpc) is 2.67. The Balaban J connectivity index is 2.47. The van der Waals surface area contributed by atoms with Crippen molar-refractivity contribution in [1.82, 2.24) is 0 Å². The predicted octanol–water partition coefficient (Wildman–Crippen LogP) is 0.149. The molecule has 0 bridgehead atoms. The summed E-state index contributed by atoms with van der Waals surface area (Å²) in [6.45, 7) is 8.26. The van der Waals surface area contributed by atoms with Gasteiger partial charge in [0.2, 0.25) is 0 Å². The molecule has 2 aliphatic rings. The highest BCUT2D eigenvalue weighted by atomic mass is 16.5. The largest absolute Gasteiger partial charge is 0.466 e. The highest BCUT2D eigenvalue weighted by molar-refractivity contribution is 5.89. The fourth-order valence-electron chi connectivity index (χ4n) is 4.74. The van der Waals surface area contributed by atoms with Gasteiger partial charge in [0.1, 0.15) is 12.4 Å². The van der Waals surface area contributed by atoms with Gasteiger partial charge < -0.3 is 29.6 Å². The average molecular weight is 396 g/mol. The summed E-state index contributed by atoms with van der Waals surface area (Å²) in [7, 11) is 1.17. The molecule has 0 aromatic heterocycles. The van der Waals surface area contributed by atoms with Crippen LogP contribution in [0.25, 0.3) is 0 Å². The first kappa shape index (κ1) is 22.3. The van der Waals surface area contributed by atoms with Crippen molar-refractivity contribution in [2.75, 3.05) is 13.7 Å². The van der Waals surface area contributed by atoms with Crippen LogP contribution in [0.5, 0.6) is 0 Å². The van der Waals surface area contributed by atoms with Crippen LogP contribution in [-0.2, 0) is 23.9 Å². The number of carbonyl (C=O) groups is 3. The van der Waals surface area contributed by atoms with E-state index in [1.807, 2.05) is 0 Å². The molecule has 2 aliphatic carbocycles. The van der Waals surface area contributed by atoms with Crippen LogP contribution in [0.2, 0.25) is 0 Å². The van der Waals surface area contributed by atoms with Crippen LogP contribution in [0.15, 0.2) is 24.3 Å². The van der Waals surface area contributed by atoms with Gasteiger partial charge in [-0.15, -0.1) is 0 Å². The summed E-state index contributed by atoms with van der Waals surface area (Å²) in [5.41, 5.74) is -1.19. The van der Waals surface area contributed by atoms with E-state index in [1.165, 1.54) is 7.11 Å². The van der Waals surface area contributed by atoms with Crippen molar-refractivity contribution in [2.45, 2.75) is 44.5 Å². The van der Waals surface area contributed by atoms with Crippen molar-refractivity contribution in [2.24, 2.45) is 23.2 Å². The van der Waals surface area contributed by atoms with Gasteiger partial charge in [-0.25, -0.2) is 9.59 Å². The van der Waals surface area contributed by atoms with Gasteiger partial charge in [-0.2, -0.15) is 0 Å². The molecule has 2 rings (SSSR count). The van der Waals surface area contributed by atoms with Gasteiger partial charge in [-0.3, -0.25) is 0 Å². The molecule has 156 valence electrons. The van der Waals surface area contributed by atoms with Crippen LogP contribution in [0.1, 0.15) is 26.2 Å². The summed E-state index contributed by atoms with van der Waals surface area (Å²) < 4.78 is 10.2. The fourth-order valence-corrected chi connectivity index (χ4v) is 4.74. The van der Waals surface area contributed by atoms with Gasteiger partial charge >= 0.3 is 11.9 Å². The number of hydrogen-bond donors (Lipinski definition) is 3. The molecular formula is C20H28O8. The molecular weight excluding hydrogens is 368 g/mol. The second-order valence-corrected chi connectivity index (χ2v) is 7.87. The minimum absolute atomic E-state index is 0.0887. The van der Waals surface area contributed by atoms with Gasteiger partial charge in [0, 0.05) is 22.8 Å². The Morgan fingerprint density at radius 2 is 1.86 bits per heavy atom. The molecule has 0 saturated heterocycles. The standard InChI is InChI=1S/C20H28O8/c1-10(8-21)18(25)28-13-7-20(3)14(23)6-5-12(9-22)16(20)17(24)15(13)11(2)19(26)27-4/h9,12-17,21,23-24H,1-2,5-8H2,3-4H3/t12-,13-,14+,15+,16+,17+,20-/m0/s1. The molecule has 2 fully saturated rings. The Bertz CT molecular complexity index is 671. The molecule has 0 spiro atoms. The highest BCUT2D eigenvalue weighted by Crippen LogP contribution is 2.55. The molecule has 8 heteroatoms. The lowest BCUT2D eigenvalue weighted by Gasteiger charge is -2.56. The smallest absolute Gasteiger partial charge is 0.336 e. The van der Waals surface area contributed by atoms with Crippen molar-refractivity contribution < 1.29 is 39.2 Å². The van der Waals surface area contributed by atoms with E-state index in [1.54, 1.807) is 6.92 Å². The zero-order valence-electron chi connectivity index (χ0n) is 16.2. The summed E-state index contributed by atoms with van der Waals surface area (Å²) in [5, 5.41) is 30.9. The van der Waals surface area contributed by atoms with E-state index in [0.29, 0.717) is 12.8 Å². The highest BCUT2D eigenvalue weighted by Gasteiger charge is 2.59. The number of aliphatic hydroxyl groups is 3.